The minimum Gasteiger partial charge on any atom is -0.352 e. The fourth-order valence-electron chi connectivity index (χ4n) is 2.41. The Morgan fingerprint density at radius 3 is 2.38 bits per heavy atom. The molecule has 8 heteroatoms. The third-order valence-electron chi connectivity index (χ3n) is 3.69. The zero-order valence-corrected chi connectivity index (χ0v) is 14.5. The van der Waals surface area contributed by atoms with Crippen LogP contribution >= 0.6 is 22.6 Å². The summed E-state index contributed by atoms with van der Waals surface area (Å²) in [6.07, 6.45) is 0. The number of rotatable bonds is 3. The molecule has 0 bridgehead atoms. The van der Waals surface area contributed by atoms with Crippen molar-refractivity contribution in [3.8, 4) is 0 Å². The number of hydrogen-bond acceptors (Lipinski definition) is 3. The summed E-state index contributed by atoms with van der Waals surface area (Å²) in [5, 5.41) is 2.67. The van der Waals surface area contributed by atoms with Crippen molar-refractivity contribution in [1.82, 2.24) is 4.90 Å². The Morgan fingerprint density at radius 1 is 1.08 bits per heavy atom. The van der Waals surface area contributed by atoms with Crippen LogP contribution < -0.4 is 11.1 Å². The van der Waals surface area contributed by atoms with Crippen LogP contribution in [0.2, 0.25) is 0 Å². The Morgan fingerprint density at radius 2 is 1.75 bits per heavy atom. The Labute approximate surface area is 150 Å². The lowest BCUT2D eigenvalue weighted by atomic mass is 10.1. The molecule has 0 atom stereocenters. The topological polar surface area (TPSA) is 58.4 Å². The second kappa shape index (κ2) is 6.60. The molecule has 0 aromatic heterocycles. The van der Waals surface area contributed by atoms with E-state index in [-0.39, 0.29) is 23.0 Å². The van der Waals surface area contributed by atoms with Gasteiger partial charge in [-0.25, -0.2) is 13.2 Å². The number of nitrogens with two attached hydrogens (primary N) is 1. The summed E-state index contributed by atoms with van der Waals surface area (Å²) in [5.74, 6) is -3.31. The first-order chi connectivity index (χ1) is 11.3. The molecule has 1 aliphatic heterocycles. The Bertz CT molecular complexity index is 809. The minimum absolute atomic E-state index is 0.000482. The quantitative estimate of drug-likeness (QED) is 0.711. The molecule has 1 heterocycles. The molecule has 0 radical (unpaired) electrons. The number of benzene rings is 2. The first-order valence-electron chi connectivity index (χ1n) is 7.11. The number of carbonyl (C=O) groups excluding carboxylic acids is 1. The molecule has 126 valence electrons. The van der Waals surface area contributed by atoms with Gasteiger partial charge in [0.15, 0.2) is 11.6 Å². The summed E-state index contributed by atoms with van der Waals surface area (Å²) in [6.45, 7) is 0.685. The third-order valence-corrected chi connectivity index (χ3v) is 4.36. The standard InChI is InChI=1S/C16H13F3IN3O/c17-11-4-10(16(24)23-6-9(21)7-23)15(5-12(11)18)22-14-2-1-8(20)3-13(14)19/h1-5,9,22H,6-7,21H2. The van der Waals surface area contributed by atoms with E-state index in [4.69, 9.17) is 5.73 Å². The fraction of sp³-hybridized carbons (Fsp3) is 0.188. The summed E-state index contributed by atoms with van der Waals surface area (Å²) in [6, 6.07) is 5.95. The van der Waals surface area contributed by atoms with E-state index in [1.807, 2.05) is 22.6 Å². The van der Waals surface area contributed by atoms with Crippen molar-refractivity contribution in [2.45, 2.75) is 6.04 Å². The van der Waals surface area contributed by atoms with E-state index in [0.717, 1.165) is 12.1 Å². The number of amides is 1. The average molecular weight is 447 g/mol. The summed E-state index contributed by atoms with van der Waals surface area (Å²) >= 11 is 1.95. The molecule has 1 aliphatic rings. The second-order valence-corrected chi connectivity index (χ2v) is 6.78. The number of halogens is 4. The van der Waals surface area contributed by atoms with E-state index in [0.29, 0.717) is 16.7 Å². The minimum atomic E-state index is -1.14. The van der Waals surface area contributed by atoms with Gasteiger partial charge < -0.3 is 16.0 Å². The number of carbonyl (C=O) groups is 1. The van der Waals surface area contributed by atoms with Crippen LogP contribution in [-0.4, -0.2) is 29.9 Å². The molecule has 1 amide bonds. The molecule has 2 aromatic carbocycles. The lowest BCUT2D eigenvalue weighted by Gasteiger charge is -2.37. The van der Waals surface area contributed by atoms with Gasteiger partial charge in [-0.05, 0) is 46.9 Å². The SMILES string of the molecule is NC1CN(C(=O)c2cc(F)c(F)cc2Nc2ccc(I)cc2F)C1. The molecule has 1 saturated heterocycles. The predicted molar refractivity (Wildman–Crippen MR) is 92.6 cm³/mol. The smallest absolute Gasteiger partial charge is 0.256 e. The lowest BCUT2D eigenvalue weighted by molar-refractivity contribution is 0.0608. The van der Waals surface area contributed by atoms with Crippen LogP contribution in [0.5, 0.6) is 0 Å². The van der Waals surface area contributed by atoms with Crippen LogP contribution in [-0.2, 0) is 0 Å². The summed E-state index contributed by atoms with van der Waals surface area (Å²) in [5.41, 5.74) is 5.63. The van der Waals surface area contributed by atoms with Crippen molar-refractivity contribution in [2.75, 3.05) is 18.4 Å². The van der Waals surface area contributed by atoms with Crippen LogP contribution in [0.25, 0.3) is 0 Å². The molecule has 3 N–H and O–H groups in total. The van der Waals surface area contributed by atoms with Gasteiger partial charge in [-0.15, -0.1) is 0 Å². The largest absolute Gasteiger partial charge is 0.352 e. The predicted octanol–water partition coefficient (Wildman–Crippen LogP) is 3.24. The number of likely N-dealkylation sites (tertiary alicyclic amines) is 1. The van der Waals surface area contributed by atoms with Crippen molar-refractivity contribution in [2.24, 2.45) is 5.73 Å². The van der Waals surface area contributed by atoms with Crippen LogP contribution in [0.1, 0.15) is 10.4 Å². The normalized spacial score (nSPS) is 14.5. The summed E-state index contributed by atoms with van der Waals surface area (Å²) in [7, 11) is 0. The first-order valence-corrected chi connectivity index (χ1v) is 8.19. The van der Waals surface area contributed by atoms with E-state index < -0.39 is 23.4 Å². The number of nitrogens with zero attached hydrogens (tertiary/aromatic N) is 1. The van der Waals surface area contributed by atoms with Crippen LogP contribution in [0.15, 0.2) is 30.3 Å². The fourth-order valence-corrected chi connectivity index (χ4v) is 2.87. The number of anilines is 2. The van der Waals surface area contributed by atoms with Crippen molar-refractivity contribution < 1.29 is 18.0 Å². The molecule has 0 unspecified atom stereocenters. The Balaban J connectivity index is 1.96. The van der Waals surface area contributed by atoms with Crippen LogP contribution in [0.3, 0.4) is 0 Å². The summed E-state index contributed by atoms with van der Waals surface area (Å²) in [4.78, 5) is 13.9. The molecule has 24 heavy (non-hydrogen) atoms. The van der Waals surface area contributed by atoms with Gasteiger partial charge in [0, 0.05) is 28.8 Å². The van der Waals surface area contributed by atoms with Gasteiger partial charge >= 0.3 is 0 Å². The number of hydrogen-bond donors (Lipinski definition) is 2. The van der Waals surface area contributed by atoms with E-state index in [2.05, 4.69) is 5.32 Å². The molecule has 0 saturated carbocycles. The highest BCUT2D eigenvalue weighted by molar-refractivity contribution is 14.1. The van der Waals surface area contributed by atoms with Gasteiger partial charge in [0.1, 0.15) is 5.82 Å². The van der Waals surface area contributed by atoms with Gasteiger partial charge in [0.05, 0.1) is 16.9 Å². The lowest BCUT2D eigenvalue weighted by Crippen LogP contribution is -2.57. The van der Waals surface area contributed by atoms with E-state index in [9.17, 15) is 18.0 Å². The van der Waals surface area contributed by atoms with Gasteiger partial charge in [0.25, 0.3) is 5.91 Å². The van der Waals surface area contributed by atoms with E-state index >= 15 is 0 Å². The monoisotopic (exact) mass is 447 g/mol. The zero-order chi connectivity index (χ0) is 17.4. The highest BCUT2D eigenvalue weighted by atomic mass is 127. The highest BCUT2D eigenvalue weighted by Gasteiger charge is 2.30. The molecule has 2 aromatic rings. The maximum atomic E-state index is 14.0. The molecule has 0 aliphatic carbocycles. The third kappa shape index (κ3) is 3.34. The maximum Gasteiger partial charge on any atom is 0.256 e. The van der Waals surface area contributed by atoms with Gasteiger partial charge in [-0.3, -0.25) is 4.79 Å². The van der Waals surface area contributed by atoms with E-state index in [1.165, 1.54) is 17.0 Å². The number of nitrogens with one attached hydrogen (secondary N) is 1. The second-order valence-electron chi connectivity index (χ2n) is 5.53. The van der Waals surface area contributed by atoms with E-state index in [1.54, 1.807) is 6.07 Å². The molecule has 3 rings (SSSR count). The average Bonchev–Trinajstić information content (AvgIpc) is 2.49. The maximum absolute atomic E-state index is 14.0. The molecule has 4 nitrogen and oxygen atoms in total. The zero-order valence-electron chi connectivity index (χ0n) is 12.3. The molecular formula is C16H13F3IN3O. The molecule has 1 fully saturated rings. The van der Waals surface area contributed by atoms with Gasteiger partial charge in [-0.1, -0.05) is 0 Å². The first kappa shape index (κ1) is 17.0. The Hall–Kier alpha value is -1.81. The molecule has 0 spiro atoms. The van der Waals surface area contributed by atoms with Crippen molar-refractivity contribution in [1.29, 1.82) is 0 Å². The van der Waals surface area contributed by atoms with Crippen LogP contribution in [0.4, 0.5) is 24.5 Å². The highest BCUT2D eigenvalue weighted by Crippen LogP contribution is 2.28. The van der Waals surface area contributed by atoms with Crippen molar-refractivity contribution in [3.05, 3.63) is 56.9 Å². The Kier molecular flexibility index (Phi) is 4.68. The van der Waals surface area contributed by atoms with Gasteiger partial charge in [-0.2, -0.15) is 0 Å². The van der Waals surface area contributed by atoms with Crippen molar-refractivity contribution >= 4 is 39.9 Å². The summed E-state index contributed by atoms with van der Waals surface area (Å²) < 4.78 is 41.8. The van der Waals surface area contributed by atoms with Crippen LogP contribution in [0, 0.1) is 21.0 Å². The van der Waals surface area contributed by atoms with Gasteiger partial charge in [0.2, 0.25) is 0 Å². The molecular weight excluding hydrogens is 434 g/mol. The van der Waals surface area contributed by atoms with Crippen molar-refractivity contribution in [3.63, 3.8) is 0 Å².